The third-order valence-electron chi connectivity index (χ3n) is 9.10. The van der Waals surface area contributed by atoms with Crippen molar-refractivity contribution in [3.8, 4) is 5.75 Å². The van der Waals surface area contributed by atoms with Crippen LogP contribution < -0.4 is 11.1 Å². The molecule has 0 saturated carbocycles. The molecule has 6 atom stereocenters. The Kier molecular flexibility index (Phi) is 6.18. The van der Waals surface area contributed by atoms with E-state index >= 15 is 0 Å². The zero-order chi connectivity index (χ0) is 27.1. The van der Waals surface area contributed by atoms with Crippen molar-refractivity contribution in [3.63, 3.8) is 0 Å². The molecule has 2 unspecified atom stereocenters. The molecule has 5 rings (SSSR count). The van der Waals surface area contributed by atoms with Gasteiger partial charge in [-0.2, -0.15) is 0 Å². The SMILES string of the molecule is CC1=C(C)C(=O)C2=C(C[C@H]3C4c5c(cc(C)c(C)c5O)CC([C@H](O)N3[C@H]2CNC(=O)[C@H](C)N)N4C)C1=O. The van der Waals surface area contributed by atoms with Gasteiger partial charge in [0.05, 0.1) is 24.2 Å². The summed E-state index contributed by atoms with van der Waals surface area (Å²) >= 11 is 0. The van der Waals surface area contributed by atoms with Gasteiger partial charge in [0.1, 0.15) is 12.0 Å². The first kappa shape index (κ1) is 25.8. The van der Waals surface area contributed by atoms with Crippen LogP contribution in [0.3, 0.4) is 0 Å². The molecule has 3 aliphatic heterocycles. The van der Waals surface area contributed by atoms with E-state index in [9.17, 15) is 24.6 Å². The maximum Gasteiger partial charge on any atom is 0.236 e. The second-order valence-electron chi connectivity index (χ2n) is 11.1. The van der Waals surface area contributed by atoms with Crippen LogP contribution in [0.25, 0.3) is 0 Å². The average Bonchev–Trinajstić information content (AvgIpc) is 2.85. The monoisotopic (exact) mass is 508 g/mol. The van der Waals surface area contributed by atoms with E-state index in [1.54, 1.807) is 20.8 Å². The van der Waals surface area contributed by atoms with Gasteiger partial charge < -0.3 is 21.3 Å². The number of nitrogens with zero attached hydrogens (tertiary/aromatic N) is 2. The number of nitrogens with two attached hydrogens (primary N) is 1. The number of benzene rings is 1. The van der Waals surface area contributed by atoms with Crippen LogP contribution in [0, 0.1) is 13.8 Å². The molecule has 1 amide bonds. The largest absolute Gasteiger partial charge is 0.507 e. The number of carbonyl (C=O) groups is 3. The second-order valence-corrected chi connectivity index (χ2v) is 11.1. The summed E-state index contributed by atoms with van der Waals surface area (Å²) in [6, 6.07) is -0.377. The minimum absolute atomic E-state index is 0.0348. The number of carbonyl (C=O) groups excluding carboxylic acids is 3. The van der Waals surface area contributed by atoms with Gasteiger partial charge in [-0.1, -0.05) is 6.07 Å². The van der Waals surface area contributed by atoms with Gasteiger partial charge >= 0.3 is 0 Å². The number of amides is 1. The lowest BCUT2D eigenvalue weighted by molar-refractivity contribution is -0.166. The van der Waals surface area contributed by atoms with Crippen molar-refractivity contribution in [2.75, 3.05) is 13.6 Å². The van der Waals surface area contributed by atoms with Crippen LogP contribution in [-0.4, -0.2) is 81.5 Å². The van der Waals surface area contributed by atoms with E-state index in [1.165, 1.54) is 0 Å². The standard InChI is InChI=1S/C28H36N4O5/c1-11-7-16-8-19-28(37)32-18(23(31(19)6)21(16)25(34)12(11)2)9-17-22(20(32)10-30-27(36)15(5)29)26(35)14(4)13(3)24(17)33/h7,15,18-20,23,28,34,37H,8-10,29H2,1-6H3,(H,30,36)/t15-,18-,19?,20-,23?,28-/m0/s1. The lowest BCUT2D eigenvalue weighted by Crippen LogP contribution is -2.71. The van der Waals surface area contributed by atoms with Gasteiger partial charge in [-0.25, -0.2) is 0 Å². The van der Waals surface area contributed by atoms with Crippen molar-refractivity contribution < 1.29 is 24.6 Å². The lowest BCUT2D eigenvalue weighted by atomic mass is 9.70. The molecule has 9 heteroatoms. The maximum absolute atomic E-state index is 13.6. The van der Waals surface area contributed by atoms with Gasteiger partial charge in [0.15, 0.2) is 11.6 Å². The number of rotatable bonds is 3. The van der Waals surface area contributed by atoms with E-state index < -0.39 is 24.4 Å². The van der Waals surface area contributed by atoms with Crippen molar-refractivity contribution in [2.45, 2.75) is 83.9 Å². The molecule has 1 aromatic carbocycles. The molecule has 3 heterocycles. The number of nitrogens with one attached hydrogen (secondary N) is 1. The number of allylic oxidation sites excluding steroid dienone is 2. The number of aromatic hydroxyl groups is 1. The Labute approximate surface area is 217 Å². The highest BCUT2D eigenvalue weighted by atomic mass is 16.3. The molecule has 1 saturated heterocycles. The molecular formula is C28H36N4O5. The van der Waals surface area contributed by atoms with Crippen LogP contribution in [0.1, 0.15) is 55.5 Å². The molecule has 4 aliphatic rings. The molecule has 1 fully saturated rings. The van der Waals surface area contributed by atoms with E-state index in [0.29, 0.717) is 28.7 Å². The number of ketones is 2. The summed E-state index contributed by atoms with van der Waals surface area (Å²) < 4.78 is 0. The summed E-state index contributed by atoms with van der Waals surface area (Å²) in [4.78, 5) is 43.5. The summed E-state index contributed by atoms with van der Waals surface area (Å²) in [5.74, 6) is -0.534. The Hall–Kier alpha value is -2.85. The summed E-state index contributed by atoms with van der Waals surface area (Å²) in [6.07, 6.45) is -0.172. The molecule has 0 spiro atoms. The number of phenolic OH excluding ortho intramolecular Hbond substituents is 1. The van der Waals surface area contributed by atoms with Crippen molar-refractivity contribution in [2.24, 2.45) is 5.73 Å². The number of aryl methyl sites for hydroxylation is 1. The Morgan fingerprint density at radius 3 is 2.43 bits per heavy atom. The number of phenols is 1. The third-order valence-corrected chi connectivity index (χ3v) is 9.10. The van der Waals surface area contributed by atoms with Crippen molar-refractivity contribution in [3.05, 3.63) is 50.6 Å². The van der Waals surface area contributed by atoms with Crippen molar-refractivity contribution in [1.82, 2.24) is 15.1 Å². The zero-order valence-corrected chi connectivity index (χ0v) is 22.3. The van der Waals surface area contributed by atoms with E-state index in [0.717, 1.165) is 22.3 Å². The smallest absolute Gasteiger partial charge is 0.236 e. The summed E-state index contributed by atoms with van der Waals surface area (Å²) in [5, 5.41) is 25.9. The number of piperazine rings is 1. The van der Waals surface area contributed by atoms with Gasteiger partial charge in [-0.15, -0.1) is 0 Å². The number of likely N-dealkylation sites (N-methyl/N-ethyl adjacent to an activating group) is 1. The fourth-order valence-corrected chi connectivity index (χ4v) is 6.74. The zero-order valence-electron chi connectivity index (χ0n) is 22.3. The fraction of sp³-hybridized carbons (Fsp3) is 0.536. The first-order valence-electron chi connectivity index (χ1n) is 12.9. The molecule has 0 radical (unpaired) electrons. The minimum Gasteiger partial charge on any atom is -0.507 e. The highest BCUT2D eigenvalue weighted by molar-refractivity contribution is 6.25. The topological polar surface area (TPSA) is 136 Å². The Bertz CT molecular complexity index is 1300. The average molecular weight is 509 g/mol. The van der Waals surface area contributed by atoms with Crippen molar-refractivity contribution >= 4 is 17.5 Å². The number of hydrogen-bond donors (Lipinski definition) is 4. The molecule has 5 N–H and O–H groups in total. The molecule has 2 bridgehead atoms. The highest BCUT2D eigenvalue weighted by Gasteiger charge is 2.56. The van der Waals surface area contributed by atoms with E-state index in [1.807, 2.05) is 25.8 Å². The Balaban J connectivity index is 1.68. The number of fused-ring (bicyclic) bond motifs is 6. The quantitative estimate of drug-likeness (QED) is 0.443. The lowest BCUT2D eigenvalue weighted by Gasteiger charge is -2.60. The van der Waals surface area contributed by atoms with Gasteiger partial charge in [-0.05, 0) is 71.2 Å². The molecule has 37 heavy (non-hydrogen) atoms. The normalized spacial score (nSPS) is 30.6. The summed E-state index contributed by atoms with van der Waals surface area (Å²) in [7, 11) is 1.94. The Morgan fingerprint density at radius 1 is 1.14 bits per heavy atom. The first-order valence-corrected chi connectivity index (χ1v) is 12.9. The molecule has 9 nitrogen and oxygen atoms in total. The van der Waals surface area contributed by atoms with E-state index in [-0.39, 0.29) is 48.3 Å². The molecular weight excluding hydrogens is 472 g/mol. The van der Waals surface area contributed by atoms with E-state index in [4.69, 9.17) is 5.73 Å². The number of aliphatic hydroxyl groups is 1. The van der Waals surface area contributed by atoms with Gasteiger partial charge in [0.25, 0.3) is 0 Å². The molecule has 198 valence electrons. The minimum atomic E-state index is -0.954. The number of Topliss-reactive ketones (excluding diaryl/α,β-unsaturated/α-hetero) is 2. The van der Waals surface area contributed by atoms with Gasteiger partial charge in [0, 0.05) is 40.4 Å². The number of hydrogen-bond acceptors (Lipinski definition) is 8. The number of aliphatic hydroxyl groups excluding tert-OH is 1. The predicted molar refractivity (Wildman–Crippen MR) is 138 cm³/mol. The van der Waals surface area contributed by atoms with Crippen LogP contribution in [0.4, 0.5) is 0 Å². The van der Waals surface area contributed by atoms with Crippen molar-refractivity contribution in [1.29, 1.82) is 0 Å². The highest BCUT2D eigenvalue weighted by Crippen LogP contribution is 2.52. The fourth-order valence-electron chi connectivity index (χ4n) is 6.74. The van der Waals surface area contributed by atoms with Gasteiger partial charge in [-0.3, -0.25) is 24.2 Å². The van der Waals surface area contributed by atoms with Crippen LogP contribution >= 0.6 is 0 Å². The Morgan fingerprint density at radius 2 is 1.78 bits per heavy atom. The summed E-state index contributed by atoms with van der Waals surface area (Å²) in [6.45, 7) is 8.79. The van der Waals surface area contributed by atoms with E-state index in [2.05, 4.69) is 16.3 Å². The molecule has 1 aliphatic carbocycles. The maximum atomic E-state index is 13.6. The first-order chi connectivity index (χ1) is 17.4. The third kappa shape index (κ3) is 3.63. The second kappa shape index (κ2) is 8.87. The molecule has 1 aromatic rings. The summed E-state index contributed by atoms with van der Waals surface area (Å²) in [5.41, 5.74) is 11.0. The predicted octanol–water partition coefficient (Wildman–Crippen LogP) is 0.930. The van der Waals surface area contributed by atoms with Crippen LogP contribution in [0.2, 0.25) is 0 Å². The van der Waals surface area contributed by atoms with Crippen LogP contribution in [-0.2, 0) is 20.8 Å². The van der Waals surface area contributed by atoms with Crippen LogP contribution in [0.5, 0.6) is 5.75 Å². The van der Waals surface area contributed by atoms with Crippen LogP contribution in [0.15, 0.2) is 28.4 Å². The van der Waals surface area contributed by atoms with Gasteiger partial charge in [0.2, 0.25) is 5.91 Å². The molecule has 0 aromatic heterocycles.